The van der Waals surface area contributed by atoms with Crippen LogP contribution in [0.3, 0.4) is 0 Å². The van der Waals surface area contributed by atoms with Crippen LogP contribution in [0.5, 0.6) is 0 Å². The second-order valence-corrected chi connectivity index (χ2v) is 6.24. The minimum atomic E-state index is 0.233. The average Bonchev–Trinajstić information content (AvgIpc) is 2.88. The fourth-order valence-corrected chi connectivity index (χ4v) is 4.08. The van der Waals surface area contributed by atoms with E-state index in [4.69, 9.17) is 5.73 Å². The third kappa shape index (κ3) is 2.76. The van der Waals surface area contributed by atoms with Crippen LogP contribution in [0.1, 0.15) is 30.9 Å². The summed E-state index contributed by atoms with van der Waals surface area (Å²) in [4.78, 5) is 4.25. The van der Waals surface area contributed by atoms with Gasteiger partial charge in [0.2, 0.25) is 0 Å². The molecule has 2 atom stereocenters. The van der Waals surface area contributed by atoms with Crippen molar-refractivity contribution in [2.45, 2.75) is 30.6 Å². The van der Waals surface area contributed by atoms with E-state index in [1.54, 1.807) is 6.20 Å². The molecule has 3 rings (SSSR count). The van der Waals surface area contributed by atoms with E-state index in [1.165, 1.54) is 30.6 Å². The largest absolute Gasteiger partial charge is 0.396 e. The molecule has 4 nitrogen and oxygen atoms in total. The summed E-state index contributed by atoms with van der Waals surface area (Å²) >= 11 is 2.04. The highest BCUT2D eigenvalue weighted by Gasteiger charge is 2.27. The summed E-state index contributed by atoms with van der Waals surface area (Å²) in [5.74, 6) is 1.23. The lowest BCUT2D eigenvalue weighted by Crippen LogP contribution is -2.26. The number of nitrogen functional groups attached to an aromatic ring is 1. The van der Waals surface area contributed by atoms with Gasteiger partial charge in [-0.2, -0.15) is 16.9 Å². The van der Waals surface area contributed by atoms with Crippen molar-refractivity contribution < 1.29 is 0 Å². The molecule has 1 fully saturated rings. The van der Waals surface area contributed by atoms with Crippen molar-refractivity contribution in [3.8, 4) is 0 Å². The Kier molecular flexibility index (Phi) is 3.73. The van der Waals surface area contributed by atoms with Gasteiger partial charge in [-0.25, -0.2) is 0 Å². The summed E-state index contributed by atoms with van der Waals surface area (Å²) in [5, 5.41) is 4.97. The van der Waals surface area contributed by atoms with E-state index in [-0.39, 0.29) is 6.04 Å². The van der Waals surface area contributed by atoms with Crippen molar-refractivity contribution in [2.75, 3.05) is 11.5 Å². The maximum atomic E-state index is 5.82. The molecule has 3 heterocycles. The van der Waals surface area contributed by atoms with Gasteiger partial charge in [0.1, 0.15) is 0 Å². The van der Waals surface area contributed by atoms with Crippen LogP contribution in [0.2, 0.25) is 0 Å². The highest BCUT2D eigenvalue weighted by atomic mass is 32.2. The summed E-state index contributed by atoms with van der Waals surface area (Å²) < 4.78 is 2.00. The minimum Gasteiger partial charge on any atom is -0.396 e. The summed E-state index contributed by atoms with van der Waals surface area (Å²) in [6.45, 7) is 0. The molecule has 19 heavy (non-hydrogen) atoms. The second-order valence-electron chi connectivity index (χ2n) is 4.89. The zero-order chi connectivity index (χ0) is 13.1. The number of rotatable bonds is 3. The van der Waals surface area contributed by atoms with E-state index in [1.807, 2.05) is 41.1 Å². The Labute approximate surface area is 117 Å². The van der Waals surface area contributed by atoms with Crippen LogP contribution >= 0.6 is 11.8 Å². The Hall–Kier alpha value is -1.49. The smallest absolute Gasteiger partial charge is 0.0902 e. The predicted molar refractivity (Wildman–Crippen MR) is 79.1 cm³/mol. The predicted octanol–water partition coefficient (Wildman–Crippen LogP) is 2.74. The number of nitrogens with two attached hydrogens (primary N) is 1. The highest BCUT2D eigenvalue weighted by molar-refractivity contribution is 8.00. The molecule has 0 aliphatic carbocycles. The van der Waals surface area contributed by atoms with Gasteiger partial charge < -0.3 is 5.73 Å². The van der Waals surface area contributed by atoms with Gasteiger partial charge in [-0.1, -0.05) is 12.5 Å². The van der Waals surface area contributed by atoms with Crippen LogP contribution in [-0.2, 0) is 0 Å². The Morgan fingerprint density at radius 1 is 1.37 bits per heavy atom. The van der Waals surface area contributed by atoms with Crippen LogP contribution in [0.4, 0.5) is 5.69 Å². The number of anilines is 1. The summed E-state index contributed by atoms with van der Waals surface area (Å²) in [5.41, 5.74) is 7.75. The van der Waals surface area contributed by atoms with Gasteiger partial charge in [0.05, 0.1) is 17.9 Å². The van der Waals surface area contributed by atoms with E-state index < -0.39 is 0 Å². The maximum Gasteiger partial charge on any atom is 0.0902 e. The number of hydrogen-bond acceptors (Lipinski definition) is 4. The van der Waals surface area contributed by atoms with E-state index in [0.29, 0.717) is 5.25 Å². The first-order chi connectivity index (χ1) is 9.34. The monoisotopic (exact) mass is 274 g/mol. The molecule has 1 saturated heterocycles. The van der Waals surface area contributed by atoms with Crippen LogP contribution < -0.4 is 5.73 Å². The maximum absolute atomic E-state index is 5.82. The Morgan fingerprint density at radius 2 is 2.32 bits per heavy atom. The molecule has 1 aliphatic heterocycles. The van der Waals surface area contributed by atoms with Crippen molar-refractivity contribution in [3.63, 3.8) is 0 Å². The van der Waals surface area contributed by atoms with Crippen LogP contribution in [-0.4, -0.2) is 25.8 Å². The molecule has 0 spiro atoms. The molecule has 2 N–H and O–H groups in total. The Balaban J connectivity index is 1.95. The van der Waals surface area contributed by atoms with Gasteiger partial charge >= 0.3 is 0 Å². The summed E-state index contributed by atoms with van der Waals surface area (Å²) in [7, 11) is 0. The van der Waals surface area contributed by atoms with E-state index in [9.17, 15) is 0 Å². The van der Waals surface area contributed by atoms with Gasteiger partial charge in [0, 0.05) is 23.8 Å². The zero-order valence-electron chi connectivity index (χ0n) is 10.8. The molecule has 0 saturated carbocycles. The van der Waals surface area contributed by atoms with Crippen LogP contribution in [0.15, 0.2) is 36.9 Å². The number of hydrogen-bond donors (Lipinski definition) is 1. The zero-order valence-corrected chi connectivity index (χ0v) is 11.6. The summed E-state index contributed by atoms with van der Waals surface area (Å²) in [6.07, 6.45) is 11.2. The third-order valence-corrected chi connectivity index (χ3v) is 4.95. The third-order valence-electron chi connectivity index (χ3n) is 3.50. The molecule has 2 unspecified atom stereocenters. The molecule has 0 aromatic carbocycles. The lowest BCUT2D eigenvalue weighted by Gasteiger charge is -2.30. The number of pyridine rings is 1. The van der Waals surface area contributed by atoms with E-state index in [2.05, 4.69) is 16.1 Å². The number of thioether (sulfide) groups is 1. The highest BCUT2D eigenvalue weighted by Crippen LogP contribution is 2.36. The first kappa shape index (κ1) is 12.5. The van der Waals surface area contributed by atoms with Crippen LogP contribution in [0, 0.1) is 0 Å². The van der Waals surface area contributed by atoms with Crippen molar-refractivity contribution >= 4 is 17.4 Å². The van der Waals surface area contributed by atoms with E-state index in [0.717, 1.165) is 5.69 Å². The van der Waals surface area contributed by atoms with Gasteiger partial charge in [-0.05, 0) is 30.2 Å². The van der Waals surface area contributed by atoms with Crippen molar-refractivity contribution in [1.82, 2.24) is 14.8 Å². The SMILES string of the molecule is Nc1cnn(C(c2cccnc2)C2CCCCS2)c1. The fraction of sp³-hybridized carbons (Fsp3) is 0.429. The van der Waals surface area contributed by atoms with Crippen molar-refractivity contribution in [1.29, 1.82) is 0 Å². The van der Waals surface area contributed by atoms with E-state index >= 15 is 0 Å². The molecular weight excluding hydrogens is 256 g/mol. The van der Waals surface area contributed by atoms with Crippen LogP contribution in [0.25, 0.3) is 0 Å². The molecule has 2 aromatic rings. The first-order valence-corrected chi connectivity index (χ1v) is 7.70. The number of nitrogens with zero attached hydrogens (tertiary/aromatic N) is 3. The van der Waals surface area contributed by atoms with Gasteiger partial charge in [-0.15, -0.1) is 0 Å². The lowest BCUT2D eigenvalue weighted by molar-refractivity contribution is 0.469. The van der Waals surface area contributed by atoms with Gasteiger partial charge in [0.25, 0.3) is 0 Å². The first-order valence-electron chi connectivity index (χ1n) is 6.66. The van der Waals surface area contributed by atoms with Crippen molar-refractivity contribution in [3.05, 3.63) is 42.5 Å². The van der Waals surface area contributed by atoms with Gasteiger partial charge in [0.15, 0.2) is 0 Å². The molecule has 5 heteroatoms. The lowest BCUT2D eigenvalue weighted by atomic mass is 10.0. The van der Waals surface area contributed by atoms with Gasteiger partial charge in [-0.3, -0.25) is 9.67 Å². The normalized spacial score (nSPS) is 21.2. The quantitative estimate of drug-likeness (QED) is 0.935. The standard InChI is InChI=1S/C14H18N4S/c15-12-9-17-18(10-12)14(11-4-3-6-16-8-11)13-5-1-2-7-19-13/h3-4,6,8-10,13-14H,1-2,5,7,15H2. The molecule has 0 bridgehead atoms. The molecule has 0 amide bonds. The fourth-order valence-electron chi connectivity index (χ4n) is 2.61. The topological polar surface area (TPSA) is 56.7 Å². The second kappa shape index (κ2) is 5.65. The minimum absolute atomic E-state index is 0.233. The molecule has 100 valence electrons. The molecular formula is C14H18N4S. The molecule has 1 aliphatic rings. The van der Waals surface area contributed by atoms with Crippen molar-refractivity contribution in [2.24, 2.45) is 0 Å². The molecule has 2 aromatic heterocycles. The Bertz CT molecular complexity index is 519. The number of aromatic nitrogens is 3. The summed E-state index contributed by atoms with van der Waals surface area (Å²) in [6, 6.07) is 4.35. The molecule has 0 radical (unpaired) electrons. The average molecular weight is 274 g/mol. The Morgan fingerprint density at radius 3 is 2.95 bits per heavy atom.